The average Bonchev–Trinajstić information content (AvgIpc) is 2.84. The molecule has 1 aliphatic heterocycles. The van der Waals surface area contributed by atoms with E-state index in [2.05, 4.69) is 41.4 Å². The molecule has 0 saturated carbocycles. The summed E-state index contributed by atoms with van der Waals surface area (Å²) in [4.78, 5) is 9.21. The van der Waals surface area contributed by atoms with Gasteiger partial charge in [0.05, 0.1) is 5.60 Å². The van der Waals surface area contributed by atoms with Gasteiger partial charge in [0, 0.05) is 31.7 Å². The zero-order valence-corrected chi connectivity index (χ0v) is 13.2. The number of hydrogen-bond acceptors (Lipinski definition) is 5. The molecule has 0 bridgehead atoms. The molecule has 5 heteroatoms. The summed E-state index contributed by atoms with van der Waals surface area (Å²) in [6, 6.07) is 0. The Kier molecular flexibility index (Phi) is 4.48. The Morgan fingerprint density at radius 3 is 2.55 bits per heavy atom. The Labute approximate surface area is 121 Å². The lowest BCUT2D eigenvalue weighted by Crippen LogP contribution is -2.33. The first kappa shape index (κ1) is 15.0. The highest BCUT2D eigenvalue weighted by atomic mass is 16.5. The van der Waals surface area contributed by atoms with Crippen molar-refractivity contribution in [2.24, 2.45) is 0 Å². The second kappa shape index (κ2) is 5.95. The third-order valence-corrected chi connectivity index (χ3v) is 3.85. The summed E-state index contributed by atoms with van der Waals surface area (Å²) in [5.74, 6) is 2.97. The molecule has 1 unspecified atom stereocenters. The summed E-state index contributed by atoms with van der Waals surface area (Å²) < 4.78 is 5.81. The van der Waals surface area contributed by atoms with Crippen molar-refractivity contribution >= 4 is 11.6 Å². The minimum absolute atomic E-state index is 0.0742. The number of anilines is 2. The Morgan fingerprint density at radius 1 is 1.30 bits per heavy atom. The number of aromatic nitrogens is 2. The minimum Gasteiger partial charge on any atom is -0.373 e. The summed E-state index contributed by atoms with van der Waals surface area (Å²) in [5, 5.41) is 6.60. The standard InChI is InChI=1S/C15H26N4O/c1-10(2)12-18-13(16-5)11(3)14(19-12)17-9-15(4)7-6-8-20-15/h10H,6-9H2,1-5H3,(H2,16,17,18,19). The molecule has 0 radical (unpaired) electrons. The normalized spacial score (nSPS) is 22.3. The highest BCUT2D eigenvalue weighted by molar-refractivity contribution is 5.57. The topological polar surface area (TPSA) is 59.1 Å². The van der Waals surface area contributed by atoms with Crippen molar-refractivity contribution in [3.63, 3.8) is 0 Å². The SMILES string of the molecule is CNc1nc(C(C)C)nc(NCC2(C)CCCO2)c1C. The maximum Gasteiger partial charge on any atom is 0.135 e. The van der Waals surface area contributed by atoms with Crippen LogP contribution in [0.15, 0.2) is 0 Å². The summed E-state index contributed by atoms with van der Waals surface area (Å²) in [6.07, 6.45) is 2.24. The van der Waals surface area contributed by atoms with E-state index in [1.54, 1.807) is 0 Å². The summed E-state index contributed by atoms with van der Waals surface area (Å²) in [6.45, 7) is 10.1. The van der Waals surface area contributed by atoms with E-state index in [4.69, 9.17) is 4.74 Å². The van der Waals surface area contributed by atoms with Crippen LogP contribution in [0.3, 0.4) is 0 Å². The van der Waals surface area contributed by atoms with Gasteiger partial charge in [-0.1, -0.05) is 13.8 Å². The molecule has 2 heterocycles. The monoisotopic (exact) mass is 278 g/mol. The van der Waals surface area contributed by atoms with Crippen LogP contribution in [-0.2, 0) is 4.74 Å². The predicted octanol–water partition coefficient (Wildman–Crippen LogP) is 2.93. The number of hydrogen-bond donors (Lipinski definition) is 2. The second-order valence-corrected chi connectivity index (χ2v) is 6.06. The first-order valence-electron chi connectivity index (χ1n) is 7.39. The van der Waals surface area contributed by atoms with Crippen LogP contribution in [0.4, 0.5) is 11.6 Å². The molecule has 1 fully saturated rings. The molecule has 1 atom stereocenters. The average molecular weight is 278 g/mol. The van der Waals surface area contributed by atoms with E-state index in [1.807, 2.05) is 14.0 Å². The van der Waals surface area contributed by atoms with Crippen LogP contribution in [0.2, 0.25) is 0 Å². The zero-order valence-electron chi connectivity index (χ0n) is 13.2. The van der Waals surface area contributed by atoms with Crippen molar-refractivity contribution in [3.8, 4) is 0 Å². The van der Waals surface area contributed by atoms with E-state index in [0.29, 0.717) is 5.92 Å². The second-order valence-electron chi connectivity index (χ2n) is 6.06. The predicted molar refractivity (Wildman–Crippen MR) is 82.5 cm³/mol. The smallest absolute Gasteiger partial charge is 0.135 e. The fourth-order valence-corrected chi connectivity index (χ4v) is 2.45. The van der Waals surface area contributed by atoms with Crippen molar-refractivity contribution in [2.75, 3.05) is 30.8 Å². The fourth-order valence-electron chi connectivity index (χ4n) is 2.45. The van der Waals surface area contributed by atoms with Crippen LogP contribution >= 0.6 is 0 Å². The third-order valence-electron chi connectivity index (χ3n) is 3.85. The van der Waals surface area contributed by atoms with Gasteiger partial charge in [-0.05, 0) is 26.7 Å². The van der Waals surface area contributed by atoms with E-state index in [0.717, 1.165) is 49.0 Å². The molecule has 0 amide bonds. The maximum absolute atomic E-state index is 5.81. The van der Waals surface area contributed by atoms with Crippen LogP contribution in [0.25, 0.3) is 0 Å². The van der Waals surface area contributed by atoms with Gasteiger partial charge in [-0.2, -0.15) is 0 Å². The Hall–Kier alpha value is -1.36. The fraction of sp³-hybridized carbons (Fsp3) is 0.733. The lowest BCUT2D eigenvalue weighted by molar-refractivity contribution is 0.0314. The Morgan fingerprint density at radius 2 is 2.00 bits per heavy atom. The minimum atomic E-state index is -0.0742. The number of nitrogens with one attached hydrogen (secondary N) is 2. The number of nitrogens with zero attached hydrogens (tertiary/aromatic N) is 2. The van der Waals surface area contributed by atoms with Crippen LogP contribution < -0.4 is 10.6 Å². The third kappa shape index (κ3) is 3.20. The maximum atomic E-state index is 5.81. The molecular formula is C15H26N4O. The summed E-state index contributed by atoms with van der Waals surface area (Å²) in [7, 11) is 1.89. The van der Waals surface area contributed by atoms with E-state index < -0.39 is 0 Å². The van der Waals surface area contributed by atoms with E-state index in [1.165, 1.54) is 0 Å². The van der Waals surface area contributed by atoms with E-state index in [-0.39, 0.29) is 5.60 Å². The van der Waals surface area contributed by atoms with Gasteiger partial charge < -0.3 is 15.4 Å². The van der Waals surface area contributed by atoms with Crippen LogP contribution in [0, 0.1) is 6.92 Å². The van der Waals surface area contributed by atoms with Crippen molar-refractivity contribution in [3.05, 3.63) is 11.4 Å². The van der Waals surface area contributed by atoms with Crippen molar-refractivity contribution < 1.29 is 4.74 Å². The molecule has 1 aliphatic rings. The van der Waals surface area contributed by atoms with Gasteiger partial charge in [0.15, 0.2) is 0 Å². The molecule has 20 heavy (non-hydrogen) atoms. The number of rotatable bonds is 5. The molecule has 112 valence electrons. The van der Waals surface area contributed by atoms with Gasteiger partial charge in [0.1, 0.15) is 17.5 Å². The first-order chi connectivity index (χ1) is 9.45. The molecule has 1 saturated heterocycles. The molecule has 5 nitrogen and oxygen atoms in total. The van der Waals surface area contributed by atoms with Crippen molar-refractivity contribution in [1.29, 1.82) is 0 Å². The highest BCUT2D eigenvalue weighted by Crippen LogP contribution is 2.27. The lowest BCUT2D eigenvalue weighted by atomic mass is 10.0. The molecule has 2 rings (SSSR count). The van der Waals surface area contributed by atoms with E-state index >= 15 is 0 Å². The quantitative estimate of drug-likeness (QED) is 0.867. The Bertz CT molecular complexity index is 467. The van der Waals surface area contributed by atoms with Gasteiger partial charge in [-0.25, -0.2) is 9.97 Å². The largest absolute Gasteiger partial charge is 0.373 e. The van der Waals surface area contributed by atoms with Crippen LogP contribution in [0.5, 0.6) is 0 Å². The van der Waals surface area contributed by atoms with Gasteiger partial charge in [-0.3, -0.25) is 0 Å². The molecule has 1 aromatic heterocycles. The van der Waals surface area contributed by atoms with Gasteiger partial charge >= 0.3 is 0 Å². The molecule has 2 N–H and O–H groups in total. The van der Waals surface area contributed by atoms with Crippen LogP contribution in [0.1, 0.15) is 50.9 Å². The Balaban J connectivity index is 2.19. The van der Waals surface area contributed by atoms with Gasteiger partial charge in [0.2, 0.25) is 0 Å². The summed E-state index contributed by atoms with van der Waals surface area (Å²) >= 11 is 0. The van der Waals surface area contributed by atoms with Crippen molar-refractivity contribution in [2.45, 2.75) is 52.1 Å². The van der Waals surface area contributed by atoms with Gasteiger partial charge in [-0.15, -0.1) is 0 Å². The van der Waals surface area contributed by atoms with Crippen molar-refractivity contribution in [1.82, 2.24) is 9.97 Å². The lowest BCUT2D eigenvalue weighted by Gasteiger charge is -2.24. The van der Waals surface area contributed by atoms with Crippen LogP contribution in [-0.4, -0.2) is 35.8 Å². The molecule has 0 aliphatic carbocycles. The summed E-state index contributed by atoms with van der Waals surface area (Å²) in [5.41, 5.74) is 0.980. The van der Waals surface area contributed by atoms with Gasteiger partial charge in [0.25, 0.3) is 0 Å². The zero-order chi connectivity index (χ0) is 14.8. The highest BCUT2D eigenvalue weighted by Gasteiger charge is 2.29. The molecule has 0 spiro atoms. The molecular weight excluding hydrogens is 252 g/mol. The number of ether oxygens (including phenoxy) is 1. The molecule has 0 aromatic carbocycles. The molecule has 1 aromatic rings. The first-order valence-corrected chi connectivity index (χ1v) is 7.39. The van der Waals surface area contributed by atoms with E-state index in [9.17, 15) is 0 Å².